The van der Waals surface area contributed by atoms with Gasteiger partial charge in [-0.15, -0.1) is 24.0 Å². The van der Waals surface area contributed by atoms with Crippen LogP contribution in [-0.2, 0) is 11.3 Å². The molecule has 3 rings (SSSR count). The van der Waals surface area contributed by atoms with Gasteiger partial charge in [-0.05, 0) is 36.8 Å². The summed E-state index contributed by atoms with van der Waals surface area (Å²) in [6.07, 6.45) is 1.51. The molecule has 1 saturated heterocycles. The largest absolute Gasteiger partial charge is 0.484 e. The number of aliphatic imine (C=N–C) groups is 1. The highest BCUT2D eigenvalue weighted by Gasteiger charge is 2.25. The first kappa shape index (κ1) is 24.5. The zero-order valence-corrected chi connectivity index (χ0v) is 19.8. The Hall–Kier alpha value is -2.76. The first-order chi connectivity index (χ1) is 14.6. The van der Waals surface area contributed by atoms with Gasteiger partial charge in [-0.3, -0.25) is 9.59 Å². The minimum Gasteiger partial charge on any atom is -0.484 e. The average molecular weight is 541 g/mol. The van der Waals surface area contributed by atoms with E-state index >= 15 is 0 Å². The molecule has 0 aliphatic carbocycles. The molecule has 168 valence electrons. The smallest absolute Gasteiger partial charge is 0.289 e. The molecule has 0 bridgehead atoms. The molecule has 0 atom stereocenters. The minimum absolute atomic E-state index is 0. The van der Waals surface area contributed by atoms with Crippen LogP contribution in [0, 0.1) is 0 Å². The number of ether oxygens (including phenoxy) is 1. The number of hydrogen-bond acceptors (Lipinski definition) is 5. The van der Waals surface area contributed by atoms with Crippen LogP contribution < -0.4 is 15.8 Å². The van der Waals surface area contributed by atoms with E-state index in [1.807, 2.05) is 25.1 Å². The molecule has 2 amide bonds. The Kier molecular flexibility index (Phi) is 9.63. The highest BCUT2D eigenvalue weighted by Crippen LogP contribution is 2.15. The third kappa shape index (κ3) is 7.16. The fourth-order valence-corrected chi connectivity index (χ4v) is 3.16. The molecule has 2 aromatic rings. The molecule has 1 aliphatic heterocycles. The molecule has 0 radical (unpaired) electrons. The van der Waals surface area contributed by atoms with E-state index in [0.29, 0.717) is 44.2 Å². The molecule has 1 fully saturated rings. The average Bonchev–Trinajstić information content (AvgIpc) is 3.30. The van der Waals surface area contributed by atoms with Crippen LogP contribution in [-0.4, -0.2) is 66.9 Å². The lowest BCUT2D eigenvalue weighted by Crippen LogP contribution is -2.53. The van der Waals surface area contributed by atoms with Crippen LogP contribution in [0.2, 0.25) is 0 Å². The number of piperazine rings is 1. The van der Waals surface area contributed by atoms with E-state index in [9.17, 15) is 9.59 Å². The number of primary amides is 1. The first-order valence-electron chi connectivity index (χ1n) is 9.93. The van der Waals surface area contributed by atoms with Gasteiger partial charge in [0.05, 0.1) is 12.8 Å². The number of carbonyl (C=O) groups excluding carboxylic acids is 2. The zero-order valence-electron chi connectivity index (χ0n) is 17.5. The van der Waals surface area contributed by atoms with Crippen LogP contribution in [0.15, 0.2) is 52.1 Å². The second kappa shape index (κ2) is 12.2. The lowest BCUT2D eigenvalue weighted by atomic mass is 10.2. The van der Waals surface area contributed by atoms with Crippen LogP contribution in [0.25, 0.3) is 0 Å². The molecule has 1 aromatic carbocycles. The molecule has 0 saturated carbocycles. The lowest BCUT2D eigenvalue weighted by Gasteiger charge is -2.36. The molecular weight excluding hydrogens is 513 g/mol. The summed E-state index contributed by atoms with van der Waals surface area (Å²) >= 11 is 0. The van der Waals surface area contributed by atoms with E-state index in [1.165, 1.54) is 6.26 Å². The van der Waals surface area contributed by atoms with Gasteiger partial charge in [-0.2, -0.15) is 0 Å². The number of rotatable bonds is 7. The number of guanidine groups is 1. The van der Waals surface area contributed by atoms with E-state index in [4.69, 9.17) is 19.9 Å². The molecule has 1 aromatic heterocycles. The van der Waals surface area contributed by atoms with Crippen molar-refractivity contribution in [2.24, 2.45) is 10.7 Å². The van der Waals surface area contributed by atoms with Crippen molar-refractivity contribution in [1.29, 1.82) is 0 Å². The van der Waals surface area contributed by atoms with Crippen molar-refractivity contribution in [3.8, 4) is 5.75 Å². The Morgan fingerprint density at radius 1 is 1.16 bits per heavy atom. The second-order valence-electron chi connectivity index (χ2n) is 6.83. The number of benzene rings is 1. The van der Waals surface area contributed by atoms with Gasteiger partial charge >= 0.3 is 0 Å². The van der Waals surface area contributed by atoms with Crippen LogP contribution >= 0.6 is 24.0 Å². The Balaban J connectivity index is 0.00000341. The number of nitrogens with zero attached hydrogens (tertiary/aromatic N) is 3. The minimum atomic E-state index is -0.516. The van der Waals surface area contributed by atoms with Gasteiger partial charge in [0.2, 0.25) is 0 Å². The van der Waals surface area contributed by atoms with E-state index in [2.05, 4.69) is 10.2 Å². The van der Waals surface area contributed by atoms with Crippen LogP contribution in [0.4, 0.5) is 0 Å². The third-order valence-electron chi connectivity index (χ3n) is 4.62. The van der Waals surface area contributed by atoms with Crippen LogP contribution in [0.5, 0.6) is 5.75 Å². The summed E-state index contributed by atoms with van der Waals surface area (Å²) < 4.78 is 10.6. The SMILES string of the molecule is CCNC(=NCc1cccc(OCC(N)=O)c1)N1CCN(C(=O)c2ccco2)CC1.I. The standard InChI is InChI=1S/C21H27N5O4.HI/c1-2-23-21(24-14-16-5-3-6-17(13-16)30-15-19(22)27)26-10-8-25(9-11-26)20(28)18-7-4-12-29-18;/h3-7,12-13H,2,8-11,14-15H2,1H3,(H2,22,27)(H,23,24);1H. The van der Waals surface area contributed by atoms with Gasteiger partial charge in [-0.25, -0.2) is 4.99 Å². The number of halogens is 1. The van der Waals surface area contributed by atoms with Crippen molar-refractivity contribution in [3.63, 3.8) is 0 Å². The highest BCUT2D eigenvalue weighted by atomic mass is 127. The summed E-state index contributed by atoms with van der Waals surface area (Å²) in [4.78, 5) is 32.0. The first-order valence-corrected chi connectivity index (χ1v) is 9.93. The van der Waals surface area contributed by atoms with E-state index in [-0.39, 0.29) is 36.5 Å². The number of nitrogens with one attached hydrogen (secondary N) is 1. The molecule has 1 aliphatic rings. The van der Waals surface area contributed by atoms with Gasteiger partial charge in [0.15, 0.2) is 18.3 Å². The molecule has 2 heterocycles. The van der Waals surface area contributed by atoms with Crippen molar-refractivity contribution in [2.45, 2.75) is 13.5 Å². The lowest BCUT2D eigenvalue weighted by molar-refractivity contribution is -0.119. The van der Waals surface area contributed by atoms with E-state index < -0.39 is 5.91 Å². The Labute approximate surface area is 198 Å². The second-order valence-corrected chi connectivity index (χ2v) is 6.83. The summed E-state index contributed by atoms with van der Waals surface area (Å²) in [7, 11) is 0. The summed E-state index contributed by atoms with van der Waals surface area (Å²) in [6.45, 7) is 5.62. The molecule has 10 heteroatoms. The number of carbonyl (C=O) groups is 2. The predicted molar refractivity (Wildman–Crippen MR) is 128 cm³/mol. The number of nitrogens with two attached hydrogens (primary N) is 1. The highest BCUT2D eigenvalue weighted by molar-refractivity contribution is 14.0. The molecule has 0 spiro atoms. The van der Waals surface area contributed by atoms with E-state index in [0.717, 1.165) is 18.1 Å². The van der Waals surface area contributed by atoms with Gasteiger partial charge in [-0.1, -0.05) is 12.1 Å². The van der Waals surface area contributed by atoms with Crippen molar-refractivity contribution >= 4 is 41.8 Å². The number of furan rings is 1. The maximum Gasteiger partial charge on any atom is 0.289 e. The zero-order chi connectivity index (χ0) is 21.3. The topological polar surface area (TPSA) is 113 Å². The Morgan fingerprint density at radius 2 is 1.90 bits per heavy atom. The quantitative estimate of drug-likeness (QED) is 0.314. The number of amides is 2. The van der Waals surface area contributed by atoms with Gasteiger partial charge in [0.1, 0.15) is 5.75 Å². The maximum atomic E-state index is 12.4. The monoisotopic (exact) mass is 541 g/mol. The fraction of sp³-hybridized carbons (Fsp3) is 0.381. The number of hydrogen-bond donors (Lipinski definition) is 2. The van der Waals surface area contributed by atoms with Crippen molar-refractivity contribution in [2.75, 3.05) is 39.3 Å². The normalized spacial score (nSPS) is 14.0. The predicted octanol–water partition coefficient (Wildman–Crippen LogP) is 1.69. The van der Waals surface area contributed by atoms with Crippen LogP contribution in [0.3, 0.4) is 0 Å². The van der Waals surface area contributed by atoms with Gasteiger partial charge in [0.25, 0.3) is 11.8 Å². The molecule has 31 heavy (non-hydrogen) atoms. The molecule has 0 unspecified atom stereocenters. The van der Waals surface area contributed by atoms with Crippen molar-refractivity contribution in [1.82, 2.24) is 15.1 Å². The van der Waals surface area contributed by atoms with Crippen LogP contribution in [0.1, 0.15) is 23.0 Å². The Morgan fingerprint density at radius 3 is 2.55 bits per heavy atom. The maximum absolute atomic E-state index is 12.4. The van der Waals surface area contributed by atoms with Crippen molar-refractivity contribution < 1.29 is 18.7 Å². The van der Waals surface area contributed by atoms with Gasteiger partial charge < -0.3 is 30.0 Å². The fourth-order valence-electron chi connectivity index (χ4n) is 3.16. The summed E-state index contributed by atoms with van der Waals surface area (Å²) in [5, 5.41) is 3.31. The molecule has 9 nitrogen and oxygen atoms in total. The van der Waals surface area contributed by atoms with Crippen molar-refractivity contribution in [3.05, 3.63) is 54.0 Å². The third-order valence-corrected chi connectivity index (χ3v) is 4.62. The van der Waals surface area contributed by atoms with E-state index in [1.54, 1.807) is 23.1 Å². The summed E-state index contributed by atoms with van der Waals surface area (Å²) in [6, 6.07) is 10.8. The summed E-state index contributed by atoms with van der Waals surface area (Å²) in [5.41, 5.74) is 6.08. The molecule has 3 N–H and O–H groups in total. The summed E-state index contributed by atoms with van der Waals surface area (Å²) in [5.74, 6) is 1.14. The Bertz CT molecular complexity index is 880. The molecular formula is C21H28IN5O4. The van der Waals surface area contributed by atoms with Gasteiger partial charge in [0, 0.05) is 32.7 Å².